The van der Waals surface area contributed by atoms with Gasteiger partial charge in [-0.25, -0.2) is 9.67 Å². The van der Waals surface area contributed by atoms with Gasteiger partial charge in [0.05, 0.1) is 6.54 Å². The molecule has 0 atom stereocenters. The second kappa shape index (κ2) is 6.91. The summed E-state index contributed by atoms with van der Waals surface area (Å²) in [5, 5.41) is 6.81. The van der Waals surface area contributed by atoms with E-state index in [4.69, 9.17) is 0 Å². The molecule has 1 amide bonds. The van der Waals surface area contributed by atoms with Crippen molar-refractivity contribution in [3.05, 3.63) is 81.8 Å². The number of carbonyl (C=O) groups excluding carboxylic acids is 1. The molecule has 2 heterocycles. The zero-order chi connectivity index (χ0) is 16.9. The first kappa shape index (κ1) is 15.7. The number of hydrogen-bond donors (Lipinski definition) is 2. The zero-order valence-electron chi connectivity index (χ0n) is 13.2. The van der Waals surface area contributed by atoms with Gasteiger partial charge >= 0.3 is 0 Å². The van der Waals surface area contributed by atoms with Gasteiger partial charge < -0.3 is 10.3 Å². The molecule has 0 bridgehead atoms. The molecule has 0 fully saturated rings. The van der Waals surface area contributed by atoms with E-state index in [0.29, 0.717) is 13.1 Å². The van der Waals surface area contributed by atoms with E-state index in [1.807, 2.05) is 24.3 Å². The summed E-state index contributed by atoms with van der Waals surface area (Å²) in [4.78, 5) is 30.4. The number of rotatable bonds is 5. The monoisotopic (exact) mass is 323 g/mol. The van der Waals surface area contributed by atoms with Crippen LogP contribution in [0, 0.1) is 6.92 Å². The van der Waals surface area contributed by atoms with Gasteiger partial charge in [-0.1, -0.05) is 24.3 Å². The van der Waals surface area contributed by atoms with E-state index in [-0.39, 0.29) is 17.0 Å². The summed E-state index contributed by atoms with van der Waals surface area (Å²) in [6.45, 7) is 2.77. The molecule has 3 rings (SSSR count). The van der Waals surface area contributed by atoms with E-state index >= 15 is 0 Å². The van der Waals surface area contributed by atoms with E-state index in [0.717, 1.165) is 16.8 Å². The highest BCUT2D eigenvalue weighted by Gasteiger charge is 2.09. The first-order valence-electron chi connectivity index (χ1n) is 7.50. The van der Waals surface area contributed by atoms with E-state index < -0.39 is 0 Å². The highest BCUT2D eigenvalue weighted by atomic mass is 16.2. The van der Waals surface area contributed by atoms with Gasteiger partial charge in [0, 0.05) is 12.2 Å². The zero-order valence-corrected chi connectivity index (χ0v) is 13.2. The van der Waals surface area contributed by atoms with Crippen molar-refractivity contribution < 1.29 is 4.79 Å². The highest BCUT2D eigenvalue weighted by molar-refractivity contribution is 5.93. The lowest BCUT2D eigenvalue weighted by molar-refractivity contribution is 0.0949. The molecule has 0 spiro atoms. The Kier molecular flexibility index (Phi) is 4.51. The summed E-state index contributed by atoms with van der Waals surface area (Å²) >= 11 is 0. The molecule has 24 heavy (non-hydrogen) atoms. The molecule has 7 nitrogen and oxygen atoms in total. The normalized spacial score (nSPS) is 10.5. The van der Waals surface area contributed by atoms with Crippen LogP contribution in [0.1, 0.15) is 27.2 Å². The predicted molar refractivity (Wildman–Crippen MR) is 88.5 cm³/mol. The van der Waals surface area contributed by atoms with Crippen LogP contribution in [0.5, 0.6) is 0 Å². The number of aromatic nitrogens is 4. The van der Waals surface area contributed by atoms with Crippen molar-refractivity contribution >= 4 is 5.91 Å². The molecule has 0 saturated carbocycles. The number of amides is 1. The fourth-order valence-corrected chi connectivity index (χ4v) is 2.29. The number of benzene rings is 1. The number of H-pyrrole nitrogens is 1. The van der Waals surface area contributed by atoms with E-state index in [9.17, 15) is 9.59 Å². The lowest BCUT2D eigenvalue weighted by Crippen LogP contribution is -2.29. The molecular formula is C17H17N5O2. The Morgan fingerprint density at radius 1 is 1.17 bits per heavy atom. The quantitative estimate of drug-likeness (QED) is 0.739. The minimum absolute atomic E-state index is 0.114. The Bertz CT molecular complexity index is 882. The van der Waals surface area contributed by atoms with E-state index in [1.165, 1.54) is 12.4 Å². The smallest absolute Gasteiger partial charge is 0.260 e. The topological polar surface area (TPSA) is 92.7 Å². The van der Waals surface area contributed by atoms with Gasteiger partial charge in [-0.3, -0.25) is 9.59 Å². The molecule has 2 N–H and O–H groups in total. The summed E-state index contributed by atoms with van der Waals surface area (Å²) < 4.78 is 1.74. The summed E-state index contributed by atoms with van der Waals surface area (Å²) in [6, 6.07) is 11.1. The number of nitrogens with zero attached hydrogens (tertiary/aromatic N) is 3. The van der Waals surface area contributed by atoms with Crippen molar-refractivity contribution in [1.29, 1.82) is 0 Å². The molecule has 3 aromatic rings. The average Bonchev–Trinajstić information content (AvgIpc) is 3.07. The number of hydrogen-bond acceptors (Lipinski definition) is 4. The number of aromatic amines is 1. The van der Waals surface area contributed by atoms with Crippen molar-refractivity contribution in [1.82, 2.24) is 25.1 Å². The van der Waals surface area contributed by atoms with Gasteiger partial charge in [0.25, 0.3) is 11.5 Å². The van der Waals surface area contributed by atoms with Crippen LogP contribution < -0.4 is 10.9 Å². The Hall–Kier alpha value is -3.22. The second-order valence-electron chi connectivity index (χ2n) is 5.48. The molecule has 0 saturated heterocycles. The Labute approximate surface area is 138 Å². The maximum atomic E-state index is 12.1. The van der Waals surface area contributed by atoms with Gasteiger partial charge in [-0.05, 0) is 30.2 Å². The van der Waals surface area contributed by atoms with Gasteiger partial charge in [-0.2, -0.15) is 5.10 Å². The van der Waals surface area contributed by atoms with Crippen molar-refractivity contribution in [2.45, 2.75) is 20.0 Å². The van der Waals surface area contributed by atoms with Gasteiger partial charge in [0.15, 0.2) is 0 Å². The fraction of sp³-hybridized carbons (Fsp3) is 0.176. The number of carbonyl (C=O) groups is 1. The Morgan fingerprint density at radius 2 is 1.92 bits per heavy atom. The largest absolute Gasteiger partial charge is 0.348 e. The molecule has 0 radical (unpaired) electrons. The maximum Gasteiger partial charge on any atom is 0.260 e. The third-order valence-corrected chi connectivity index (χ3v) is 3.59. The molecule has 0 aliphatic heterocycles. The second-order valence-corrected chi connectivity index (χ2v) is 5.48. The lowest BCUT2D eigenvalue weighted by Gasteiger charge is -2.07. The summed E-state index contributed by atoms with van der Waals surface area (Å²) in [5.74, 6) is -0.386. The Balaban J connectivity index is 1.60. The van der Waals surface area contributed by atoms with Crippen LogP contribution in [0.3, 0.4) is 0 Å². The van der Waals surface area contributed by atoms with Gasteiger partial charge in [0.1, 0.15) is 18.2 Å². The van der Waals surface area contributed by atoms with Crippen molar-refractivity contribution in [3.8, 4) is 0 Å². The summed E-state index contributed by atoms with van der Waals surface area (Å²) in [5.41, 5.74) is 2.50. The fourth-order valence-electron chi connectivity index (χ4n) is 2.29. The van der Waals surface area contributed by atoms with Crippen molar-refractivity contribution in [2.75, 3.05) is 0 Å². The molecule has 7 heteroatoms. The predicted octanol–water partition coefficient (Wildman–Crippen LogP) is 1.25. The average molecular weight is 323 g/mol. The van der Waals surface area contributed by atoms with E-state index in [1.54, 1.807) is 24.0 Å². The van der Waals surface area contributed by atoms with Crippen LogP contribution in [-0.4, -0.2) is 25.7 Å². The van der Waals surface area contributed by atoms with Crippen LogP contribution in [0.4, 0.5) is 0 Å². The maximum absolute atomic E-state index is 12.1. The number of aryl methyl sites for hydroxylation is 1. The van der Waals surface area contributed by atoms with Crippen LogP contribution in [0.15, 0.2) is 53.8 Å². The number of pyridine rings is 1. The van der Waals surface area contributed by atoms with Crippen LogP contribution in [-0.2, 0) is 13.1 Å². The lowest BCUT2D eigenvalue weighted by atomic mass is 10.1. The van der Waals surface area contributed by atoms with Gasteiger partial charge in [-0.15, -0.1) is 0 Å². The molecule has 0 aliphatic rings. The van der Waals surface area contributed by atoms with Gasteiger partial charge in [0.2, 0.25) is 0 Å². The molecule has 2 aromatic heterocycles. The molecule has 0 unspecified atom stereocenters. The minimum atomic E-state index is -0.386. The highest BCUT2D eigenvalue weighted by Crippen LogP contribution is 2.06. The first-order valence-corrected chi connectivity index (χ1v) is 7.50. The molecular weight excluding hydrogens is 306 g/mol. The SMILES string of the molecule is Cc1ccc(C(=O)NCc2ccc(Cn3cncn3)cc2)c(=O)[nH]1. The summed E-state index contributed by atoms with van der Waals surface area (Å²) in [7, 11) is 0. The third kappa shape index (κ3) is 3.75. The molecule has 0 aliphatic carbocycles. The van der Waals surface area contributed by atoms with Crippen molar-refractivity contribution in [3.63, 3.8) is 0 Å². The van der Waals surface area contributed by atoms with Crippen LogP contribution in [0.2, 0.25) is 0 Å². The standard InChI is InChI=1S/C17H17N5O2/c1-12-2-7-15(17(24)21-12)16(23)19-8-13-3-5-14(6-4-13)9-22-11-18-10-20-22/h2-7,10-11H,8-9H2,1H3,(H,19,23)(H,21,24). The van der Waals surface area contributed by atoms with Crippen LogP contribution in [0.25, 0.3) is 0 Å². The Morgan fingerprint density at radius 3 is 2.58 bits per heavy atom. The summed E-state index contributed by atoms with van der Waals surface area (Å²) in [6.07, 6.45) is 3.16. The van der Waals surface area contributed by atoms with Crippen molar-refractivity contribution in [2.24, 2.45) is 0 Å². The van der Waals surface area contributed by atoms with Crippen LogP contribution >= 0.6 is 0 Å². The number of nitrogens with one attached hydrogen (secondary N) is 2. The van der Waals surface area contributed by atoms with E-state index in [2.05, 4.69) is 20.4 Å². The third-order valence-electron chi connectivity index (χ3n) is 3.59. The molecule has 122 valence electrons. The first-order chi connectivity index (χ1) is 11.6. The molecule has 1 aromatic carbocycles. The minimum Gasteiger partial charge on any atom is -0.348 e.